The van der Waals surface area contributed by atoms with Crippen LogP contribution in [-0.4, -0.2) is 27.3 Å². The molecule has 0 fully saturated rings. The highest BCUT2D eigenvalue weighted by molar-refractivity contribution is 6.02. The van der Waals surface area contributed by atoms with Gasteiger partial charge in [0.25, 0.3) is 0 Å². The molecule has 1 aliphatic rings. The minimum Gasteiger partial charge on any atom is -0.456 e. The Kier molecular flexibility index (Phi) is 5.53. The predicted octanol–water partition coefficient (Wildman–Crippen LogP) is 5.78. The van der Waals surface area contributed by atoms with Gasteiger partial charge in [0.15, 0.2) is 5.78 Å². The van der Waals surface area contributed by atoms with Crippen LogP contribution in [0.15, 0.2) is 48.8 Å². The summed E-state index contributed by atoms with van der Waals surface area (Å²) in [6.45, 7) is 9.83. The highest BCUT2D eigenvalue weighted by Gasteiger charge is 2.35. The summed E-state index contributed by atoms with van der Waals surface area (Å²) in [6.07, 6.45) is 5.41. The molecule has 1 N–H and O–H groups in total. The minimum absolute atomic E-state index is 0.0711. The normalized spacial score (nSPS) is 15.3. The third-order valence-electron chi connectivity index (χ3n) is 5.67. The number of aromatic nitrogens is 2. The van der Waals surface area contributed by atoms with E-state index in [1.807, 2.05) is 51.1 Å². The number of benzene rings is 1. The zero-order chi connectivity index (χ0) is 23.1. The monoisotopic (exact) mass is 430 g/mol. The number of nitrogens with one attached hydrogen (secondary N) is 1. The molecule has 5 nitrogen and oxygen atoms in total. The minimum atomic E-state index is -0.555. The van der Waals surface area contributed by atoms with E-state index < -0.39 is 5.60 Å². The molecule has 0 aliphatic heterocycles. The Labute approximate surface area is 189 Å². The molecular weight excluding hydrogens is 400 g/mol. The van der Waals surface area contributed by atoms with Gasteiger partial charge >= 0.3 is 5.97 Å². The van der Waals surface area contributed by atoms with Gasteiger partial charge in [-0.2, -0.15) is 0 Å². The second kappa shape index (κ2) is 8.05. The van der Waals surface area contributed by atoms with Gasteiger partial charge in [0, 0.05) is 42.1 Å². The molecule has 0 saturated heterocycles. The third-order valence-corrected chi connectivity index (χ3v) is 5.67. The largest absolute Gasteiger partial charge is 0.456 e. The zero-order valence-electron chi connectivity index (χ0n) is 19.4. The number of pyridine rings is 1. The van der Waals surface area contributed by atoms with E-state index in [0.717, 1.165) is 40.1 Å². The first kappa shape index (κ1) is 22.0. The lowest BCUT2D eigenvalue weighted by Gasteiger charge is -2.28. The van der Waals surface area contributed by atoms with Crippen LogP contribution in [0.4, 0.5) is 0 Å². The molecule has 4 rings (SSSR count). The number of hydrogen-bond donors (Lipinski definition) is 1. The molecule has 0 bridgehead atoms. The van der Waals surface area contributed by atoms with Gasteiger partial charge in [-0.05, 0) is 68.0 Å². The van der Waals surface area contributed by atoms with E-state index in [-0.39, 0.29) is 17.2 Å². The maximum atomic E-state index is 13.2. The molecule has 0 radical (unpaired) electrons. The number of aromatic amines is 1. The SMILES string of the molecule is CC1(C)CC(=O)c2c([nH]c(-c3ccncc3)c2Cc2cccc(C(=O)OC(C)(C)C)c2)C1. The lowest BCUT2D eigenvalue weighted by atomic mass is 9.75. The number of ketones is 1. The van der Waals surface area contributed by atoms with Crippen molar-refractivity contribution < 1.29 is 14.3 Å². The third kappa shape index (κ3) is 4.67. The standard InChI is InChI=1S/C27H30N2O3/c1-26(2,3)32-25(31)19-8-6-7-17(13-19)14-20-23-21(15-27(4,5)16-22(23)30)29-24(20)18-9-11-28-12-10-18/h6-13,29H,14-16H2,1-5H3. The number of fused-ring (bicyclic) bond motifs is 1. The molecule has 0 spiro atoms. The summed E-state index contributed by atoms with van der Waals surface area (Å²) >= 11 is 0. The zero-order valence-corrected chi connectivity index (χ0v) is 19.4. The summed E-state index contributed by atoms with van der Waals surface area (Å²) in [7, 11) is 0. The number of ether oxygens (including phenoxy) is 1. The molecule has 0 atom stereocenters. The summed E-state index contributed by atoms with van der Waals surface area (Å²) in [5.74, 6) is -0.172. The summed E-state index contributed by atoms with van der Waals surface area (Å²) in [5, 5.41) is 0. The summed E-state index contributed by atoms with van der Waals surface area (Å²) < 4.78 is 5.53. The van der Waals surface area contributed by atoms with E-state index >= 15 is 0 Å². The van der Waals surface area contributed by atoms with Gasteiger partial charge in [-0.3, -0.25) is 9.78 Å². The van der Waals surface area contributed by atoms with Crippen LogP contribution in [0.2, 0.25) is 0 Å². The Hall–Kier alpha value is -3.21. The molecule has 0 saturated carbocycles. The molecule has 166 valence electrons. The number of esters is 1. The molecule has 5 heteroatoms. The smallest absolute Gasteiger partial charge is 0.338 e. The Morgan fingerprint density at radius 3 is 2.53 bits per heavy atom. The fraction of sp³-hybridized carbons (Fsp3) is 0.370. The van der Waals surface area contributed by atoms with Crippen LogP contribution in [-0.2, 0) is 17.6 Å². The average molecular weight is 431 g/mol. The maximum absolute atomic E-state index is 13.2. The summed E-state index contributed by atoms with van der Waals surface area (Å²) in [4.78, 5) is 33.4. The van der Waals surface area contributed by atoms with Gasteiger partial charge < -0.3 is 9.72 Å². The summed E-state index contributed by atoms with van der Waals surface area (Å²) in [6, 6.07) is 11.4. The Bertz CT molecular complexity index is 1170. The van der Waals surface area contributed by atoms with Crippen LogP contribution in [0.3, 0.4) is 0 Å². The fourth-order valence-corrected chi connectivity index (χ4v) is 4.42. The molecule has 32 heavy (non-hydrogen) atoms. The van der Waals surface area contributed by atoms with Gasteiger partial charge in [0.05, 0.1) is 11.3 Å². The van der Waals surface area contributed by atoms with Crippen LogP contribution in [0, 0.1) is 5.41 Å². The fourth-order valence-electron chi connectivity index (χ4n) is 4.42. The molecule has 0 amide bonds. The first-order valence-electron chi connectivity index (χ1n) is 11.0. The van der Waals surface area contributed by atoms with Crippen molar-refractivity contribution in [3.05, 3.63) is 76.7 Å². The van der Waals surface area contributed by atoms with Crippen LogP contribution >= 0.6 is 0 Å². The molecule has 2 aromatic heterocycles. The van der Waals surface area contributed by atoms with Gasteiger partial charge in [0.2, 0.25) is 0 Å². The van der Waals surface area contributed by atoms with Crippen molar-refractivity contribution in [2.75, 3.05) is 0 Å². The second-order valence-corrected chi connectivity index (χ2v) is 10.4. The number of nitrogens with zero attached hydrogens (tertiary/aromatic N) is 1. The van der Waals surface area contributed by atoms with E-state index in [1.165, 1.54) is 0 Å². The van der Waals surface area contributed by atoms with Gasteiger partial charge in [0.1, 0.15) is 5.60 Å². The average Bonchev–Trinajstić information content (AvgIpc) is 3.04. The molecule has 1 aromatic carbocycles. The van der Waals surface area contributed by atoms with Gasteiger partial charge in [-0.25, -0.2) is 4.79 Å². The maximum Gasteiger partial charge on any atom is 0.338 e. The number of Topliss-reactive ketones (excluding diaryl/α,β-unsaturated/α-hetero) is 1. The molecular formula is C27H30N2O3. The first-order valence-corrected chi connectivity index (χ1v) is 11.0. The number of carbonyl (C=O) groups is 2. The Balaban J connectivity index is 1.76. The lowest BCUT2D eigenvalue weighted by molar-refractivity contribution is 0.00692. The van der Waals surface area contributed by atoms with Crippen molar-refractivity contribution in [3.63, 3.8) is 0 Å². The van der Waals surface area contributed by atoms with Crippen LogP contribution in [0.5, 0.6) is 0 Å². The van der Waals surface area contributed by atoms with E-state index in [2.05, 4.69) is 23.8 Å². The van der Waals surface area contributed by atoms with E-state index in [1.54, 1.807) is 18.5 Å². The molecule has 3 aromatic rings. The van der Waals surface area contributed by atoms with Crippen LogP contribution in [0.25, 0.3) is 11.3 Å². The number of carbonyl (C=O) groups excluding carboxylic acids is 2. The number of H-pyrrole nitrogens is 1. The molecule has 2 heterocycles. The van der Waals surface area contributed by atoms with E-state index in [0.29, 0.717) is 18.4 Å². The van der Waals surface area contributed by atoms with Crippen molar-refractivity contribution in [1.29, 1.82) is 0 Å². The second-order valence-electron chi connectivity index (χ2n) is 10.4. The first-order chi connectivity index (χ1) is 15.0. The van der Waals surface area contributed by atoms with Crippen LogP contribution < -0.4 is 0 Å². The van der Waals surface area contributed by atoms with Crippen molar-refractivity contribution in [2.24, 2.45) is 5.41 Å². The quantitative estimate of drug-likeness (QED) is 0.533. The van der Waals surface area contributed by atoms with Gasteiger partial charge in [-0.1, -0.05) is 26.0 Å². The van der Waals surface area contributed by atoms with E-state index in [4.69, 9.17) is 4.74 Å². The Morgan fingerprint density at radius 2 is 1.84 bits per heavy atom. The lowest BCUT2D eigenvalue weighted by Crippen LogP contribution is -2.27. The summed E-state index contributed by atoms with van der Waals surface area (Å²) in [5.41, 5.74) is 5.58. The van der Waals surface area contributed by atoms with Crippen LogP contribution in [0.1, 0.15) is 78.6 Å². The predicted molar refractivity (Wildman–Crippen MR) is 125 cm³/mol. The van der Waals surface area contributed by atoms with Crippen molar-refractivity contribution in [2.45, 2.75) is 59.5 Å². The topological polar surface area (TPSA) is 72.0 Å². The van der Waals surface area contributed by atoms with Crippen molar-refractivity contribution in [3.8, 4) is 11.3 Å². The molecule has 0 unspecified atom stereocenters. The van der Waals surface area contributed by atoms with Crippen molar-refractivity contribution >= 4 is 11.8 Å². The van der Waals surface area contributed by atoms with Crippen molar-refractivity contribution in [1.82, 2.24) is 9.97 Å². The number of hydrogen-bond acceptors (Lipinski definition) is 4. The van der Waals surface area contributed by atoms with E-state index in [9.17, 15) is 9.59 Å². The highest BCUT2D eigenvalue weighted by Crippen LogP contribution is 2.40. The number of rotatable bonds is 4. The highest BCUT2D eigenvalue weighted by atomic mass is 16.6. The van der Waals surface area contributed by atoms with Gasteiger partial charge in [-0.15, -0.1) is 0 Å². The molecule has 1 aliphatic carbocycles. The Morgan fingerprint density at radius 1 is 1.12 bits per heavy atom.